The van der Waals surface area contributed by atoms with Crippen LogP contribution in [0.15, 0.2) is 6.07 Å². The fourth-order valence-corrected chi connectivity index (χ4v) is 5.57. The molecule has 0 amide bonds. The van der Waals surface area contributed by atoms with Crippen molar-refractivity contribution >= 4 is 15.8 Å². The van der Waals surface area contributed by atoms with E-state index in [1.54, 1.807) is 0 Å². The standard InChI is InChI=1S/C19H31N5O3S/c1-22(13-19(25)8-5-9-24(14-19)28(2,26)27)16-11-23(12-16)18-10-15-6-3-4-7-17(15)20-21-18/h10,16,25H,3-9,11-14H2,1-2H3. The molecule has 0 radical (unpaired) electrons. The van der Waals surface area contributed by atoms with Gasteiger partial charge in [0.2, 0.25) is 10.0 Å². The van der Waals surface area contributed by atoms with E-state index < -0.39 is 15.6 Å². The lowest BCUT2D eigenvalue weighted by Crippen LogP contribution is -2.63. The van der Waals surface area contributed by atoms with Gasteiger partial charge in [0.15, 0.2) is 5.82 Å². The maximum atomic E-state index is 11.8. The van der Waals surface area contributed by atoms with Crippen LogP contribution in [-0.2, 0) is 22.9 Å². The Bertz CT molecular complexity index is 827. The topological polar surface area (TPSA) is 89.9 Å². The Morgan fingerprint density at radius 1 is 1.25 bits per heavy atom. The third-order valence-corrected chi connectivity index (χ3v) is 7.65. The van der Waals surface area contributed by atoms with Crippen molar-refractivity contribution in [1.29, 1.82) is 0 Å². The predicted molar refractivity (Wildman–Crippen MR) is 108 cm³/mol. The van der Waals surface area contributed by atoms with E-state index >= 15 is 0 Å². The molecular formula is C19H31N5O3S. The zero-order valence-corrected chi connectivity index (χ0v) is 17.7. The Hall–Kier alpha value is -1.29. The fourth-order valence-electron chi connectivity index (χ4n) is 4.63. The average Bonchev–Trinajstić information content (AvgIpc) is 2.59. The van der Waals surface area contributed by atoms with Gasteiger partial charge in [0.1, 0.15) is 0 Å². The first-order valence-corrected chi connectivity index (χ1v) is 12.1. The molecule has 1 unspecified atom stereocenters. The van der Waals surface area contributed by atoms with Gasteiger partial charge in [-0.2, -0.15) is 9.40 Å². The molecule has 9 heteroatoms. The summed E-state index contributed by atoms with van der Waals surface area (Å²) >= 11 is 0. The van der Waals surface area contributed by atoms with Gasteiger partial charge in [0.25, 0.3) is 0 Å². The zero-order chi connectivity index (χ0) is 19.9. The maximum Gasteiger partial charge on any atom is 0.211 e. The van der Waals surface area contributed by atoms with E-state index in [4.69, 9.17) is 0 Å². The van der Waals surface area contributed by atoms with Crippen LogP contribution in [0.2, 0.25) is 0 Å². The second kappa shape index (κ2) is 7.51. The SMILES string of the molecule is CN(CC1(O)CCCN(S(C)(=O)=O)C1)C1CN(c2cc3c(nn2)CCCC3)C1. The normalized spacial score (nSPS) is 26.9. The lowest BCUT2D eigenvalue weighted by atomic mass is 9.92. The van der Waals surface area contributed by atoms with E-state index in [1.807, 2.05) is 7.05 Å². The molecule has 3 aliphatic rings. The lowest BCUT2D eigenvalue weighted by molar-refractivity contribution is -0.0395. The van der Waals surface area contributed by atoms with Gasteiger partial charge in [-0.15, -0.1) is 5.10 Å². The number of aliphatic hydroxyl groups is 1. The quantitative estimate of drug-likeness (QED) is 0.746. The molecule has 156 valence electrons. The molecule has 0 bridgehead atoms. The smallest absolute Gasteiger partial charge is 0.211 e. The third-order valence-electron chi connectivity index (χ3n) is 6.40. The number of piperidine rings is 1. The Kier molecular flexibility index (Phi) is 5.37. The second-order valence-electron chi connectivity index (χ2n) is 8.78. The fraction of sp³-hybridized carbons (Fsp3) is 0.789. The number of aryl methyl sites for hydroxylation is 2. The summed E-state index contributed by atoms with van der Waals surface area (Å²) < 4.78 is 25.1. The van der Waals surface area contributed by atoms with Crippen LogP contribution < -0.4 is 4.90 Å². The number of fused-ring (bicyclic) bond motifs is 1. The van der Waals surface area contributed by atoms with Gasteiger partial charge in [-0.1, -0.05) is 0 Å². The number of likely N-dealkylation sites (N-methyl/N-ethyl adjacent to an activating group) is 1. The van der Waals surface area contributed by atoms with E-state index in [0.29, 0.717) is 32.0 Å². The highest BCUT2D eigenvalue weighted by atomic mass is 32.2. The second-order valence-corrected chi connectivity index (χ2v) is 10.8. The molecule has 28 heavy (non-hydrogen) atoms. The first kappa shape index (κ1) is 20.0. The van der Waals surface area contributed by atoms with Crippen LogP contribution in [0.4, 0.5) is 5.82 Å². The van der Waals surface area contributed by atoms with Crippen molar-refractivity contribution in [3.05, 3.63) is 17.3 Å². The molecule has 2 fully saturated rings. The van der Waals surface area contributed by atoms with Gasteiger partial charge in [-0.3, -0.25) is 4.90 Å². The minimum atomic E-state index is -3.27. The number of hydrogen-bond acceptors (Lipinski definition) is 7. The molecule has 3 heterocycles. The molecule has 8 nitrogen and oxygen atoms in total. The molecule has 4 rings (SSSR count). The molecule has 2 aliphatic heterocycles. The van der Waals surface area contributed by atoms with Gasteiger partial charge in [0, 0.05) is 38.8 Å². The van der Waals surface area contributed by atoms with Crippen molar-refractivity contribution in [2.24, 2.45) is 0 Å². The minimum Gasteiger partial charge on any atom is -0.387 e. The van der Waals surface area contributed by atoms with Gasteiger partial charge < -0.3 is 10.0 Å². The number of sulfonamides is 1. The van der Waals surface area contributed by atoms with Crippen LogP contribution in [0.25, 0.3) is 0 Å². The maximum absolute atomic E-state index is 11.8. The van der Waals surface area contributed by atoms with E-state index in [9.17, 15) is 13.5 Å². The van der Waals surface area contributed by atoms with Gasteiger partial charge >= 0.3 is 0 Å². The molecule has 2 saturated heterocycles. The van der Waals surface area contributed by atoms with Crippen molar-refractivity contribution in [3.63, 3.8) is 0 Å². The van der Waals surface area contributed by atoms with Crippen molar-refractivity contribution in [2.45, 2.75) is 50.2 Å². The molecule has 1 aromatic rings. The molecule has 0 aromatic carbocycles. The van der Waals surface area contributed by atoms with Crippen LogP contribution in [0.1, 0.15) is 36.9 Å². The molecule has 1 aliphatic carbocycles. The summed E-state index contributed by atoms with van der Waals surface area (Å²) in [5, 5.41) is 19.8. The highest BCUT2D eigenvalue weighted by Crippen LogP contribution is 2.28. The molecule has 0 spiro atoms. The number of β-amino-alcohol motifs (C(OH)–C–C–N with tert-alkyl or cyclic N) is 1. The summed E-state index contributed by atoms with van der Waals surface area (Å²) in [4.78, 5) is 4.39. The predicted octanol–water partition coefficient (Wildman–Crippen LogP) is 0.262. The van der Waals surface area contributed by atoms with Crippen molar-refractivity contribution in [1.82, 2.24) is 19.4 Å². The Morgan fingerprint density at radius 2 is 2.00 bits per heavy atom. The zero-order valence-electron chi connectivity index (χ0n) is 16.8. The summed E-state index contributed by atoms with van der Waals surface area (Å²) in [7, 11) is -1.25. The highest BCUT2D eigenvalue weighted by Gasteiger charge is 2.40. The highest BCUT2D eigenvalue weighted by molar-refractivity contribution is 7.88. The molecule has 1 aromatic heterocycles. The monoisotopic (exact) mass is 409 g/mol. The summed E-state index contributed by atoms with van der Waals surface area (Å²) in [6.07, 6.45) is 7.11. The van der Waals surface area contributed by atoms with Gasteiger partial charge in [-0.05, 0) is 57.2 Å². The van der Waals surface area contributed by atoms with E-state index in [0.717, 1.165) is 37.4 Å². The van der Waals surface area contributed by atoms with Gasteiger partial charge in [-0.25, -0.2) is 8.42 Å². The Balaban J connectivity index is 1.33. The van der Waals surface area contributed by atoms with Crippen LogP contribution in [-0.4, -0.2) is 90.6 Å². The largest absolute Gasteiger partial charge is 0.387 e. The molecule has 0 saturated carbocycles. The minimum absolute atomic E-state index is 0.183. The van der Waals surface area contributed by atoms with Crippen molar-refractivity contribution in [3.8, 4) is 0 Å². The molecule has 1 atom stereocenters. The van der Waals surface area contributed by atoms with E-state index in [2.05, 4.69) is 26.1 Å². The van der Waals surface area contributed by atoms with E-state index in [-0.39, 0.29) is 6.54 Å². The lowest BCUT2D eigenvalue weighted by Gasteiger charge is -2.48. The number of aromatic nitrogens is 2. The Labute approximate surface area is 167 Å². The van der Waals surface area contributed by atoms with Crippen LogP contribution in [0, 0.1) is 0 Å². The first-order valence-electron chi connectivity index (χ1n) is 10.2. The number of anilines is 1. The summed E-state index contributed by atoms with van der Waals surface area (Å²) in [5.41, 5.74) is 1.51. The summed E-state index contributed by atoms with van der Waals surface area (Å²) in [6.45, 7) is 2.88. The van der Waals surface area contributed by atoms with Gasteiger partial charge in [0.05, 0.1) is 17.6 Å². The molecule has 1 N–H and O–H groups in total. The number of nitrogens with zero attached hydrogens (tertiary/aromatic N) is 5. The van der Waals surface area contributed by atoms with E-state index in [1.165, 1.54) is 29.0 Å². The van der Waals surface area contributed by atoms with Crippen LogP contribution in [0.3, 0.4) is 0 Å². The van der Waals surface area contributed by atoms with Crippen molar-refractivity contribution in [2.75, 3.05) is 50.9 Å². The third kappa shape index (κ3) is 4.17. The van der Waals surface area contributed by atoms with Crippen molar-refractivity contribution < 1.29 is 13.5 Å². The first-order chi connectivity index (χ1) is 13.2. The molecular weight excluding hydrogens is 378 g/mol. The summed E-state index contributed by atoms with van der Waals surface area (Å²) in [6, 6.07) is 2.52. The number of rotatable bonds is 5. The Morgan fingerprint density at radius 3 is 2.75 bits per heavy atom. The number of hydrogen-bond donors (Lipinski definition) is 1. The summed E-state index contributed by atoms with van der Waals surface area (Å²) in [5.74, 6) is 0.949. The van der Waals surface area contributed by atoms with Crippen LogP contribution >= 0.6 is 0 Å². The van der Waals surface area contributed by atoms with Crippen LogP contribution in [0.5, 0.6) is 0 Å². The average molecular weight is 410 g/mol.